The van der Waals surface area contributed by atoms with Gasteiger partial charge in [0, 0.05) is 19.5 Å². The molecule has 1 fully saturated rings. The molecule has 1 aliphatic rings. The van der Waals surface area contributed by atoms with Gasteiger partial charge < -0.3 is 4.90 Å². The van der Waals surface area contributed by atoms with E-state index in [0.717, 1.165) is 0 Å². The van der Waals surface area contributed by atoms with Gasteiger partial charge in [-0.2, -0.15) is 0 Å². The van der Waals surface area contributed by atoms with Gasteiger partial charge in [0.25, 0.3) is 0 Å². The molecular weight excluding hydrogens is 224 g/mol. The fraction of sp³-hybridized carbons (Fsp3) is 0.600. The van der Waals surface area contributed by atoms with Crippen molar-refractivity contribution in [2.75, 3.05) is 19.6 Å². The Morgan fingerprint density at radius 2 is 1.71 bits per heavy atom. The highest BCUT2D eigenvalue weighted by Crippen LogP contribution is 1.94. The van der Waals surface area contributed by atoms with E-state index in [1.165, 1.54) is 0 Å². The van der Waals surface area contributed by atoms with Crippen LogP contribution in [0.2, 0.25) is 0 Å². The van der Waals surface area contributed by atoms with Crippen molar-refractivity contribution in [2.45, 2.75) is 20.3 Å². The summed E-state index contributed by atoms with van der Waals surface area (Å²) in [5, 5.41) is 4.52. The third-order valence-corrected chi connectivity index (χ3v) is 2.38. The fourth-order valence-electron chi connectivity index (χ4n) is 1.44. The van der Waals surface area contributed by atoms with Crippen molar-refractivity contribution in [1.29, 1.82) is 0 Å². The van der Waals surface area contributed by atoms with Crippen LogP contribution in [0.15, 0.2) is 4.99 Å². The van der Waals surface area contributed by atoms with Crippen LogP contribution >= 0.6 is 0 Å². The highest BCUT2D eigenvalue weighted by atomic mass is 16.2. The zero-order valence-electron chi connectivity index (χ0n) is 9.95. The topological polar surface area (TPSA) is 90.9 Å². The molecule has 0 aromatic heterocycles. The molecule has 2 N–H and O–H groups in total. The average Bonchev–Trinajstić information content (AvgIpc) is 2.60. The van der Waals surface area contributed by atoms with Crippen LogP contribution in [0.4, 0.5) is 0 Å². The Morgan fingerprint density at radius 3 is 2.18 bits per heavy atom. The minimum absolute atomic E-state index is 0.00926. The van der Waals surface area contributed by atoms with E-state index in [4.69, 9.17) is 0 Å². The minimum Gasteiger partial charge on any atom is -0.343 e. The predicted octanol–water partition coefficient (Wildman–Crippen LogP) is -1.15. The summed E-state index contributed by atoms with van der Waals surface area (Å²) >= 11 is 0. The molecule has 0 saturated carbocycles. The first-order chi connectivity index (χ1) is 8.08. The van der Waals surface area contributed by atoms with E-state index >= 15 is 0 Å². The molecule has 7 heteroatoms. The first-order valence-corrected chi connectivity index (χ1v) is 5.53. The average molecular weight is 240 g/mol. The summed E-state index contributed by atoms with van der Waals surface area (Å²) in [5.74, 6) is -1.32. The van der Waals surface area contributed by atoms with E-state index in [-0.39, 0.29) is 24.8 Å². The lowest BCUT2D eigenvalue weighted by Gasteiger charge is -2.17. The number of carbonyl (C=O) groups excluding carboxylic acids is 3. The zero-order chi connectivity index (χ0) is 12.8. The van der Waals surface area contributed by atoms with Gasteiger partial charge in [-0.25, -0.2) is 0 Å². The Bertz CT molecular complexity index is 343. The lowest BCUT2D eigenvalue weighted by atomic mass is 10.3. The summed E-state index contributed by atoms with van der Waals surface area (Å²) in [6, 6.07) is 0. The molecule has 17 heavy (non-hydrogen) atoms. The first kappa shape index (κ1) is 13.1. The van der Waals surface area contributed by atoms with Crippen molar-refractivity contribution < 1.29 is 14.4 Å². The van der Waals surface area contributed by atoms with Crippen LogP contribution in [-0.2, 0) is 14.4 Å². The van der Waals surface area contributed by atoms with Crippen LogP contribution < -0.4 is 10.6 Å². The Hall–Kier alpha value is -1.92. The SMILES string of the molecule is CCN(CC)C(=O)CCN=C1NC(=O)C(=O)N1. The van der Waals surface area contributed by atoms with Gasteiger partial charge in [0.2, 0.25) is 11.9 Å². The van der Waals surface area contributed by atoms with Crippen molar-refractivity contribution in [3.8, 4) is 0 Å². The van der Waals surface area contributed by atoms with E-state index in [0.29, 0.717) is 13.1 Å². The van der Waals surface area contributed by atoms with Crippen molar-refractivity contribution in [2.24, 2.45) is 4.99 Å². The van der Waals surface area contributed by atoms with Gasteiger partial charge in [-0.05, 0) is 13.8 Å². The zero-order valence-corrected chi connectivity index (χ0v) is 9.95. The number of rotatable bonds is 5. The number of nitrogens with zero attached hydrogens (tertiary/aromatic N) is 2. The summed E-state index contributed by atoms with van der Waals surface area (Å²) in [7, 11) is 0. The number of guanidine groups is 1. The molecule has 94 valence electrons. The number of hydrogen-bond donors (Lipinski definition) is 2. The van der Waals surface area contributed by atoms with Gasteiger partial charge in [0.05, 0.1) is 6.54 Å². The highest BCUT2D eigenvalue weighted by Gasteiger charge is 2.24. The monoisotopic (exact) mass is 240 g/mol. The Kier molecular flexibility index (Phi) is 4.62. The van der Waals surface area contributed by atoms with Gasteiger partial charge in [0.15, 0.2) is 0 Å². The van der Waals surface area contributed by atoms with Crippen molar-refractivity contribution in [3.63, 3.8) is 0 Å². The van der Waals surface area contributed by atoms with Crippen LogP contribution in [0.1, 0.15) is 20.3 Å². The molecule has 0 spiro atoms. The van der Waals surface area contributed by atoms with Crippen molar-refractivity contribution in [3.05, 3.63) is 0 Å². The number of aliphatic imine (C=N–C) groups is 1. The summed E-state index contributed by atoms with van der Waals surface area (Å²) in [6.07, 6.45) is 0.261. The fourth-order valence-corrected chi connectivity index (χ4v) is 1.44. The summed E-state index contributed by atoms with van der Waals surface area (Å²) in [6.45, 7) is 5.39. The number of hydrogen-bond acceptors (Lipinski definition) is 4. The summed E-state index contributed by atoms with van der Waals surface area (Å²) < 4.78 is 0. The predicted molar refractivity (Wildman–Crippen MR) is 61.1 cm³/mol. The normalized spacial score (nSPS) is 14.4. The van der Waals surface area contributed by atoms with E-state index < -0.39 is 11.8 Å². The third-order valence-electron chi connectivity index (χ3n) is 2.38. The van der Waals surface area contributed by atoms with E-state index in [2.05, 4.69) is 15.6 Å². The van der Waals surface area contributed by atoms with Crippen LogP contribution in [0, 0.1) is 0 Å². The molecule has 0 unspecified atom stereocenters. The van der Waals surface area contributed by atoms with Crippen LogP contribution in [0.25, 0.3) is 0 Å². The molecule has 0 radical (unpaired) electrons. The maximum absolute atomic E-state index is 11.6. The molecule has 0 aromatic carbocycles. The molecule has 0 aliphatic carbocycles. The highest BCUT2D eigenvalue weighted by molar-refractivity contribution is 6.45. The Labute approximate surface area is 99.3 Å². The van der Waals surface area contributed by atoms with Crippen molar-refractivity contribution >= 4 is 23.7 Å². The Morgan fingerprint density at radius 1 is 1.18 bits per heavy atom. The van der Waals surface area contributed by atoms with E-state index in [1.54, 1.807) is 4.90 Å². The molecule has 1 aliphatic heterocycles. The van der Waals surface area contributed by atoms with Crippen molar-refractivity contribution in [1.82, 2.24) is 15.5 Å². The molecule has 3 amide bonds. The second-order valence-corrected chi connectivity index (χ2v) is 3.45. The number of amides is 3. The number of carbonyl (C=O) groups is 3. The second kappa shape index (κ2) is 5.97. The smallest absolute Gasteiger partial charge is 0.316 e. The van der Waals surface area contributed by atoms with Gasteiger partial charge >= 0.3 is 11.8 Å². The second-order valence-electron chi connectivity index (χ2n) is 3.45. The molecule has 7 nitrogen and oxygen atoms in total. The van der Waals surface area contributed by atoms with Crippen LogP contribution in [0.5, 0.6) is 0 Å². The maximum atomic E-state index is 11.6. The Balaban J connectivity index is 2.37. The first-order valence-electron chi connectivity index (χ1n) is 5.53. The van der Waals surface area contributed by atoms with Gasteiger partial charge in [0.1, 0.15) is 0 Å². The van der Waals surface area contributed by atoms with E-state index in [1.807, 2.05) is 13.8 Å². The van der Waals surface area contributed by atoms with Crippen LogP contribution in [0.3, 0.4) is 0 Å². The molecule has 1 rings (SSSR count). The van der Waals surface area contributed by atoms with Crippen LogP contribution in [-0.4, -0.2) is 48.2 Å². The van der Waals surface area contributed by atoms with E-state index in [9.17, 15) is 14.4 Å². The van der Waals surface area contributed by atoms with Gasteiger partial charge in [-0.15, -0.1) is 0 Å². The quantitative estimate of drug-likeness (QED) is 0.594. The number of nitrogens with one attached hydrogen (secondary N) is 2. The maximum Gasteiger partial charge on any atom is 0.316 e. The lowest BCUT2D eigenvalue weighted by Crippen LogP contribution is -2.31. The van der Waals surface area contributed by atoms with Gasteiger partial charge in [-0.1, -0.05) is 0 Å². The molecule has 0 aromatic rings. The molecule has 0 bridgehead atoms. The molecular formula is C10H16N4O3. The summed E-state index contributed by atoms with van der Waals surface area (Å²) in [5.41, 5.74) is 0. The lowest BCUT2D eigenvalue weighted by molar-refractivity contribution is -0.135. The van der Waals surface area contributed by atoms with Gasteiger partial charge in [-0.3, -0.25) is 30.0 Å². The standard InChI is InChI=1S/C10H16N4O3/c1-3-14(4-2)7(15)5-6-11-10-12-8(16)9(17)13-10/h3-6H2,1-2H3,(H2,11,12,13,16,17). The minimum atomic E-state index is -0.723. The molecule has 1 saturated heterocycles. The molecule has 0 atom stereocenters. The largest absolute Gasteiger partial charge is 0.343 e. The molecule has 1 heterocycles. The summed E-state index contributed by atoms with van der Waals surface area (Å²) in [4.78, 5) is 38.8. The third kappa shape index (κ3) is 3.54.